The molecule has 1 aromatic rings. The Kier molecular flexibility index (Phi) is 3.27. The molecule has 2 aliphatic rings. The minimum atomic E-state index is 0.855. The summed E-state index contributed by atoms with van der Waals surface area (Å²) in [6, 6.07) is 4.15. The van der Waals surface area contributed by atoms with Gasteiger partial charge in [0, 0.05) is 22.4 Å². The minimum Gasteiger partial charge on any atom is -0.398 e. The zero-order chi connectivity index (χ0) is 12.7. The van der Waals surface area contributed by atoms with E-state index in [2.05, 4.69) is 34.2 Å². The number of halogens is 1. The average Bonchev–Trinajstić information content (AvgIpc) is 3.17. The first-order valence-electron chi connectivity index (χ1n) is 6.94. The maximum absolute atomic E-state index is 5.90. The maximum atomic E-state index is 5.90. The molecule has 0 bridgehead atoms. The average molecular weight is 309 g/mol. The molecule has 0 heterocycles. The van der Waals surface area contributed by atoms with Crippen molar-refractivity contribution in [2.45, 2.75) is 32.6 Å². The summed E-state index contributed by atoms with van der Waals surface area (Å²) in [6.07, 6.45) is 5.80. The Labute approximate surface area is 117 Å². The van der Waals surface area contributed by atoms with Gasteiger partial charge >= 0.3 is 0 Å². The number of nitrogens with two attached hydrogens (primary N) is 1. The third kappa shape index (κ3) is 2.66. The van der Waals surface area contributed by atoms with Gasteiger partial charge in [0.05, 0.1) is 0 Å². The van der Waals surface area contributed by atoms with Gasteiger partial charge in [0.2, 0.25) is 0 Å². The number of aryl methyl sites for hydroxylation is 1. The predicted octanol–water partition coefficient (Wildman–Crippen LogP) is 4.19. The fourth-order valence-corrected chi connectivity index (χ4v) is 3.33. The summed E-state index contributed by atoms with van der Waals surface area (Å²) in [5.74, 6) is 2.90. The van der Waals surface area contributed by atoms with E-state index in [0.29, 0.717) is 0 Å². The number of nitrogen functional groups attached to an aromatic ring is 1. The van der Waals surface area contributed by atoms with Crippen LogP contribution in [0.5, 0.6) is 0 Å². The number of nitrogens with one attached hydrogen (secondary N) is 1. The molecular formula is C15H21BrN2. The Morgan fingerprint density at radius 3 is 2.44 bits per heavy atom. The third-order valence-corrected chi connectivity index (χ3v) is 5.00. The zero-order valence-corrected chi connectivity index (χ0v) is 12.5. The Hall–Kier alpha value is -0.700. The molecule has 98 valence electrons. The molecule has 2 saturated carbocycles. The molecule has 18 heavy (non-hydrogen) atoms. The van der Waals surface area contributed by atoms with Gasteiger partial charge in [0.15, 0.2) is 0 Å². The topological polar surface area (TPSA) is 38.0 Å². The van der Waals surface area contributed by atoms with Gasteiger partial charge in [-0.05, 0) is 84.0 Å². The summed E-state index contributed by atoms with van der Waals surface area (Å²) < 4.78 is 1.08. The van der Waals surface area contributed by atoms with E-state index in [9.17, 15) is 0 Å². The molecule has 0 atom stereocenters. The van der Waals surface area contributed by atoms with Gasteiger partial charge in [-0.1, -0.05) is 0 Å². The molecule has 0 spiro atoms. The third-order valence-electron chi connectivity index (χ3n) is 4.34. The standard InChI is InChI=1S/C15H21BrN2/c1-9-6-15(13(16)7-14(9)17)18-8-12(10-2-3-10)11-4-5-11/h6-7,10-12,18H,2-5,8,17H2,1H3. The van der Waals surface area contributed by atoms with Gasteiger partial charge in [0.1, 0.15) is 0 Å². The quantitative estimate of drug-likeness (QED) is 0.801. The van der Waals surface area contributed by atoms with Crippen LogP contribution in [0.3, 0.4) is 0 Å². The fraction of sp³-hybridized carbons (Fsp3) is 0.600. The van der Waals surface area contributed by atoms with E-state index in [0.717, 1.165) is 40.0 Å². The van der Waals surface area contributed by atoms with Crippen molar-refractivity contribution in [3.8, 4) is 0 Å². The van der Waals surface area contributed by atoms with Crippen molar-refractivity contribution in [3.63, 3.8) is 0 Å². The van der Waals surface area contributed by atoms with Gasteiger partial charge < -0.3 is 11.1 Å². The predicted molar refractivity (Wildman–Crippen MR) is 80.7 cm³/mol. The number of anilines is 2. The monoisotopic (exact) mass is 308 g/mol. The van der Waals surface area contributed by atoms with E-state index in [1.165, 1.54) is 31.4 Å². The molecule has 0 aromatic heterocycles. The largest absolute Gasteiger partial charge is 0.398 e. The van der Waals surface area contributed by atoms with Crippen LogP contribution < -0.4 is 11.1 Å². The molecular weight excluding hydrogens is 288 g/mol. The van der Waals surface area contributed by atoms with Crippen LogP contribution >= 0.6 is 15.9 Å². The van der Waals surface area contributed by atoms with Crippen molar-refractivity contribution in [1.82, 2.24) is 0 Å². The van der Waals surface area contributed by atoms with Crippen LogP contribution in [0.1, 0.15) is 31.2 Å². The molecule has 3 heteroatoms. The molecule has 2 aliphatic carbocycles. The van der Waals surface area contributed by atoms with E-state index in [1.807, 2.05) is 6.07 Å². The second-order valence-electron chi connectivity index (χ2n) is 5.91. The van der Waals surface area contributed by atoms with Crippen molar-refractivity contribution in [2.75, 3.05) is 17.6 Å². The first-order chi connectivity index (χ1) is 8.65. The Balaban J connectivity index is 1.66. The lowest BCUT2D eigenvalue weighted by Crippen LogP contribution is -2.18. The summed E-state index contributed by atoms with van der Waals surface area (Å²) >= 11 is 3.59. The van der Waals surface area contributed by atoms with Crippen molar-refractivity contribution in [2.24, 2.45) is 17.8 Å². The molecule has 2 nitrogen and oxygen atoms in total. The molecule has 0 aliphatic heterocycles. The smallest absolute Gasteiger partial charge is 0.0488 e. The van der Waals surface area contributed by atoms with Crippen molar-refractivity contribution >= 4 is 27.3 Å². The number of hydrogen-bond donors (Lipinski definition) is 2. The van der Waals surface area contributed by atoms with Crippen molar-refractivity contribution in [1.29, 1.82) is 0 Å². The highest BCUT2D eigenvalue weighted by Crippen LogP contribution is 2.49. The minimum absolute atomic E-state index is 0.855. The van der Waals surface area contributed by atoms with Gasteiger partial charge in [-0.15, -0.1) is 0 Å². The van der Waals surface area contributed by atoms with Gasteiger partial charge in [0.25, 0.3) is 0 Å². The van der Waals surface area contributed by atoms with Gasteiger partial charge in [-0.2, -0.15) is 0 Å². The SMILES string of the molecule is Cc1cc(NCC(C2CC2)C2CC2)c(Br)cc1N. The van der Waals surface area contributed by atoms with Crippen molar-refractivity contribution in [3.05, 3.63) is 22.2 Å². The van der Waals surface area contributed by atoms with E-state index >= 15 is 0 Å². The Morgan fingerprint density at radius 2 is 1.89 bits per heavy atom. The Bertz CT molecular complexity index is 438. The van der Waals surface area contributed by atoms with E-state index < -0.39 is 0 Å². The maximum Gasteiger partial charge on any atom is 0.0488 e. The van der Waals surface area contributed by atoms with E-state index in [1.54, 1.807) is 0 Å². The number of benzene rings is 1. The molecule has 0 radical (unpaired) electrons. The number of rotatable bonds is 5. The molecule has 0 unspecified atom stereocenters. The lowest BCUT2D eigenvalue weighted by Gasteiger charge is -2.18. The lowest BCUT2D eigenvalue weighted by atomic mass is 9.98. The Morgan fingerprint density at radius 1 is 1.28 bits per heavy atom. The van der Waals surface area contributed by atoms with Crippen LogP contribution in [0.2, 0.25) is 0 Å². The highest BCUT2D eigenvalue weighted by molar-refractivity contribution is 9.10. The molecule has 3 N–H and O–H groups in total. The zero-order valence-electron chi connectivity index (χ0n) is 10.9. The first-order valence-corrected chi connectivity index (χ1v) is 7.74. The first kappa shape index (κ1) is 12.3. The summed E-state index contributed by atoms with van der Waals surface area (Å²) in [6.45, 7) is 3.18. The normalized spacial score (nSPS) is 19.3. The molecule has 2 fully saturated rings. The van der Waals surface area contributed by atoms with Crippen LogP contribution in [-0.4, -0.2) is 6.54 Å². The second-order valence-corrected chi connectivity index (χ2v) is 6.76. The molecule has 0 amide bonds. The molecule has 0 saturated heterocycles. The summed E-state index contributed by atoms with van der Waals surface area (Å²) in [7, 11) is 0. The van der Waals surface area contributed by atoms with Crippen LogP contribution in [0.25, 0.3) is 0 Å². The highest BCUT2D eigenvalue weighted by Gasteiger charge is 2.41. The highest BCUT2D eigenvalue weighted by atomic mass is 79.9. The second kappa shape index (κ2) is 4.76. The fourth-order valence-electron chi connectivity index (χ4n) is 2.83. The van der Waals surface area contributed by atoms with Crippen LogP contribution in [0.4, 0.5) is 11.4 Å². The molecule has 3 rings (SSSR count). The lowest BCUT2D eigenvalue weighted by molar-refractivity contribution is 0.428. The number of hydrogen-bond acceptors (Lipinski definition) is 2. The van der Waals surface area contributed by atoms with E-state index in [4.69, 9.17) is 5.73 Å². The summed E-state index contributed by atoms with van der Waals surface area (Å²) in [5, 5.41) is 3.62. The summed E-state index contributed by atoms with van der Waals surface area (Å²) in [5.41, 5.74) is 9.10. The van der Waals surface area contributed by atoms with Gasteiger partial charge in [-0.3, -0.25) is 0 Å². The van der Waals surface area contributed by atoms with Gasteiger partial charge in [-0.25, -0.2) is 0 Å². The molecule has 1 aromatic carbocycles. The summed E-state index contributed by atoms with van der Waals surface area (Å²) in [4.78, 5) is 0. The van der Waals surface area contributed by atoms with Crippen LogP contribution in [0.15, 0.2) is 16.6 Å². The van der Waals surface area contributed by atoms with E-state index in [-0.39, 0.29) is 0 Å². The van der Waals surface area contributed by atoms with Crippen LogP contribution in [-0.2, 0) is 0 Å². The van der Waals surface area contributed by atoms with Crippen LogP contribution in [0, 0.1) is 24.7 Å². The van der Waals surface area contributed by atoms with Crippen molar-refractivity contribution < 1.29 is 0 Å².